The molecule has 0 aliphatic carbocycles. The summed E-state index contributed by atoms with van der Waals surface area (Å²) in [5.74, 6) is 0.620. The molecule has 1 heterocycles. The smallest absolute Gasteiger partial charge is 0.191 e. The first-order valence-electron chi connectivity index (χ1n) is 9.23. The van der Waals surface area contributed by atoms with Crippen LogP contribution in [0.4, 0.5) is 4.39 Å². The fourth-order valence-corrected chi connectivity index (χ4v) is 3.21. The van der Waals surface area contributed by atoms with Gasteiger partial charge in [-0.2, -0.15) is 0 Å². The molecule has 1 aromatic carbocycles. The Bertz CT molecular complexity index is 733. The Morgan fingerprint density at radius 2 is 2.04 bits per heavy atom. The highest BCUT2D eigenvalue weighted by Crippen LogP contribution is 2.19. The van der Waals surface area contributed by atoms with Gasteiger partial charge >= 0.3 is 0 Å². The van der Waals surface area contributed by atoms with Gasteiger partial charge in [0.05, 0.1) is 0 Å². The SMILES string of the molecule is CCNC(=NCC(C)(C)CN(C)C)NCCc1c[nH]c2ccc(F)cc12. The molecule has 3 N–H and O–H groups in total. The Morgan fingerprint density at radius 1 is 1.27 bits per heavy atom. The second-order valence-corrected chi connectivity index (χ2v) is 7.78. The van der Waals surface area contributed by atoms with Crippen LogP contribution in [0, 0.1) is 11.2 Å². The summed E-state index contributed by atoms with van der Waals surface area (Å²) in [5.41, 5.74) is 2.18. The molecule has 0 atom stereocenters. The van der Waals surface area contributed by atoms with E-state index in [1.54, 1.807) is 12.1 Å². The Balaban J connectivity index is 1.95. The van der Waals surface area contributed by atoms with Crippen LogP contribution in [-0.4, -0.2) is 56.1 Å². The van der Waals surface area contributed by atoms with Crippen LogP contribution < -0.4 is 10.6 Å². The van der Waals surface area contributed by atoms with Gasteiger partial charge in [-0.05, 0) is 56.6 Å². The van der Waals surface area contributed by atoms with E-state index in [2.05, 4.69) is 55.4 Å². The number of fused-ring (bicyclic) bond motifs is 1. The summed E-state index contributed by atoms with van der Waals surface area (Å²) in [7, 11) is 4.16. The molecule has 0 amide bonds. The molecule has 2 rings (SSSR count). The summed E-state index contributed by atoms with van der Waals surface area (Å²) in [6, 6.07) is 4.84. The zero-order valence-electron chi connectivity index (χ0n) is 16.6. The molecule has 0 radical (unpaired) electrons. The molecule has 1 aromatic heterocycles. The van der Waals surface area contributed by atoms with E-state index in [1.807, 2.05) is 6.20 Å². The number of nitrogens with one attached hydrogen (secondary N) is 3. The first-order valence-corrected chi connectivity index (χ1v) is 9.23. The minimum Gasteiger partial charge on any atom is -0.361 e. The van der Waals surface area contributed by atoms with Crippen molar-refractivity contribution >= 4 is 16.9 Å². The van der Waals surface area contributed by atoms with Crippen molar-refractivity contribution < 1.29 is 4.39 Å². The summed E-state index contributed by atoms with van der Waals surface area (Å²) in [6.07, 6.45) is 2.75. The molecule has 0 unspecified atom stereocenters. The molecule has 0 fully saturated rings. The Morgan fingerprint density at radius 3 is 2.73 bits per heavy atom. The molecule has 0 aliphatic rings. The van der Waals surface area contributed by atoms with Gasteiger partial charge in [-0.15, -0.1) is 0 Å². The Hall–Kier alpha value is -2.08. The van der Waals surface area contributed by atoms with Crippen molar-refractivity contribution in [1.29, 1.82) is 0 Å². The summed E-state index contributed by atoms with van der Waals surface area (Å²) < 4.78 is 13.5. The normalized spacial score (nSPS) is 12.8. The van der Waals surface area contributed by atoms with Gasteiger partial charge in [0.1, 0.15) is 5.82 Å². The number of aliphatic imine (C=N–C) groups is 1. The third kappa shape index (κ3) is 6.02. The highest BCUT2D eigenvalue weighted by Gasteiger charge is 2.18. The minimum atomic E-state index is -0.204. The van der Waals surface area contributed by atoms with Crippen LogP contribution in [0.5, 0.6) is 0 Å². The third-order valence-electron chi connectivity index (χ3n) is 4.17. The molecule has 0 saturated heterocycles. The van der Waals surface area contributed by atoms with Crippen molar-refractivity contribution in [2.24, 2.45) is 10.4 Å². The highest BCUT2D eigenvalue weighted by atomic mass is 19.1. The lowest BCUT2D eigenvalue weighted by Gasteiger charge is -2.26. The third-order valence-corrected chi connectivity index (χ3v) is 4.17. The lowest BCUT2D eigenvalue weighted by Crippen LogP contribution is -2.40. The topological polar surface area (TPSA) is 55.5 Å². The van der Waals surface area contributed by atoms with Gasteiger partial charge in [0.15, 0.2) is 5.96 Å². The molecule has 2 aromatic rings. The van der Waals surface area contributed by atoms with E-state index in [4.69, 9.17) is 4.99 Å². The molecule has 6 heteroatoms. The van der Waals surface area contributed by atoms with Crippen molar-refractivity contribution in [1.82, 2.24) is 20.5 Å². The number of hydrogen-bond donors (Lipinski definition) is 3. The maximum Gasteiger partial charge on any atom is 0.191 e. The Labute approximate surface area is 156 Å². The monoisotopic (exact) mass is 361 g/mol. The van der Waals surface area contributed by atoms with E-state index in [0.29, 0.717) is 0 Å². The fraction of sp³-hybridized carbons (Fsp3) is 0.550. The van der Waals surface area contributed by atoms with Crippen LogP contribution in [0.25, 0.3) is 10.9 Å². The number of H-pyrrole nitrogens is 1. The number of nitrogens with zero attached hydrogens (tertiary/aromatic N) is 2. The van der Waals surface area contributed by atoms with E-state index in [-0.39, 0.29) is 11.2 Å². The molecule has 144 valence electrons. The predicted octanol–water partition coefficient (Wildman–Crippen LogP) is 2.99. The largest absolute Gasteiger partial charge is 0.361 e. The number of rotatable bonds is 8. The summed E-state index contributed by atoms with van der Waals surface area (Å²) in [5, 5.41) is 7.62. The quantitative estimate of drug-likeness (QED) is 0.500. The number of guanidine groups is 1. The molecule has 5 nitrogen and oxygen atoms in total. The van der Waals surface area contributed by atoms with Crippen molar-refractivity contribution in [3.05, 3.63) is 35.8 Å². The Kier molecular flexibility index (Phi) is 7.03. The zero-order valence-corrected chi connectivity index (χ0v) is 16.6. The fourth-order valence-electron chi connectivity index (χ4n) is 3.21. The highest BCUT2D eigenvalue weighted by molar-refractivity contribution is 5.83. The van der Waals surface area contributed by atoms with E-state index in [1.165, 1.54) is 6.07 Å². The second kappa shape index (κ2) is 9.03. The van der Waals surface area contributed by atoms with Crippen LogP contribution in [0.1, 0.15) is 26.3 Å². The maximum absolute atomic E-state index is 13.5. The van der Waals surface area contributed by atoms with Gasteiger partial charge in [0.2, 0.25) is 0 Å². The van der Waals surface area contributed by atoms with E-state index < -0.39 is 0 Å². The predicted molar refractivity (Wildman–Crippen MR) is 108 cm³/mol. The number of aromatic amines is 1. The van der Waals surface area contributed by atoms with Crippen LogP contribution in [-0.2, 0) is 6.42 Å². The molecular weight excluding hydrogens is 329 g/mol. The van der Waals surface area contributed by atoms with Crippen molar-refractivity contribution in [3.63, 3.8) is 0 Å². The van der Waals surface area contributed by atoms with E-state index >= 15 is 0 Å². The first-order chi connectivity index (χ1) is 12.3. The van der Waals surface area contributed by atoms with Crippen LogP contribution in [0.3, 0.4) is 0 Å². The van der Waals surface area contributed by atoms with Gasteiger partial charge in [0.25, 0.3) is 0 Å². The first kappa shape index (κ1) is 20.2. The summed E-state index contributed by atoms with van der Waals surface area (Å²) >= 11 is 0. The van der Waals surface area contributed by atoms with Crippen LogP contribution >= 0.6 is 0 Å². The standard InChI is InChI=1S/C20H32FN5/c1-6-22-19(25-13-20(2,3)14-26(4)5)23-10-9-15-12-24-18-8-7-16(21)11-17(15)18/h7-8,11-12,24H,6,9-10,13-14H2,1-5H3,(H2,22,23,25). The maximum atomic E-state index is 13.5. The van der Waals surface area contributed by atoms with Gasteiger partial charge in [-0.25, -0.2) is 4.39 Å². The van der Waals surface area contributed by atoms with Crippen molar-refractivity contribution in [2.75, 3.05) is 40.3 Å². The number of benzene rings is 1. The van der Waals surface area contributed by atoms with Crippen LogP contribution in [0.15, 0.2) is 29.4 Å². The van der Waals surface area contributed by atoms with Gasteiger partial charge < -0.3 is 20.5 Å². The molecule has 0 spiro atoms. The van der Waals surface area contributed by atoms with Gasteiger partial charge in [0, 0.05) is 43.3 Å². The number of aromatic nitrogens is 1. The zero-order chi connectivity index (χ0) is 19.2. The molecule has 0 bridgehead atoms. The van der Waals surface area contributed by atoms with Gasteiger partial charge in [-0.3, -0.25) is 4.99 Å². The average molecular weight is 362 g/mol. The summed E-state index contributed by atoms with van der Waals surface area (Å²) in [6.45, 7) is 9.79. The minimum absolute atomic E-state index is 0.111. The van der Waals surface area contributed by atoms with Crippen LogP contribution in [0.2, 0.25) is 0 Å². The van der Waals surface area contributed by atoms with Crippen molar-refractivity contribution in [3.8, 4) is 0 Å². The molecule has 0 saturated carbocycles. The molecule has 0 aliphatic heterocycles. The van der Waals surface area contributed by atoms with Gasteiger partial charge in [-0.1, -0.05) is 13.8 Å². The lowest BCUT2D eigenvalue weighted by molar-refractivity contribution is 0.248. The lowest BCUT2D eigenvalue weighted by atomic mass is 9.93. The van der Waals surface area contributed by atoms with Crippen molar-refractivity contribution in [2.45, 2.75) is 27.2 Å². The average Bonchev–Trinajstić information content (AvgIpc) is 2.94. The summed E-state index contributed by atoms with van der Waals surface area (Å²) in [4.78, 5) is 10.1. The van der Waals surface area contributed by atoms with E-state index in [0.717, 1.165) is 55.0 Å². The van der Waals surface area contributed by atoms with E-state index in [9.17, 15) is 4.39 Å². The second-order valence-electron chi connectivity index (χ2n) is 7.78. The number of halogens is 1. The molecular formula is C20H32FN5. The molecule has 26 heavy (non-hydrogen) atoms. The number of hydrogen-bond acceptors (Lipinski definition) is 2.